The largest absolute Gasteiger partial charge is 0.458 e. The highest BCUT2D eigenvalue weighted by atomic mass is 19.4. The summed E-state index contributed by atoms with van der Waals surface area (Å²) in [6.45, 7) is 0. The second-order valence-electron chi connectivity index (χ2n) is 9.79. The number of hydrogen-bond acceptors (Lipinski definition) is 1. The van der Waals surface area contributed by atoms with Gasteiger partial charge in [0.05, 0.1) is 16.7 Å². The van der Waals surface area contributed by atoms with E-state index in [1.54, 1.807) is 6.07 Å². The first-order chi connectivity index (χ1) is 22.6. The quantitative estimate of drug-likeness (QED) is 0.137. The number of rotatable bonds is 3. The molecule has 0 N–H and O–H groups in total. The Hall–Kier alpha value is -5.93. The third kappa shape index (κ3) is 7.54. The molecule has 0 spiro atoms. The molecule has 0 unspecified atom stereocenters. The van der Waals surface area contributed by atoms with Crippen LogP contribution in [0.25, 0.3) is 10.8 Å². The van der Waals surface area contributed by atoms with Crippen LogP contribution in [-0.2, 0) is 6.11 Å². The molecule has 5 aromatic carbocycles. The molecule has 0 aliphatic carbocycles. The van der Waals surface area contributed by atoms with E-state index in [-0.39, 0.29) is 16.7 Å². The molecule has 0 heterocycles. The maximum Gasteiger partial charge on any atom is 0.458 e. The van der Waals surface area contributed by atoms with Crippen molar-refractivity contribution >= 4 is 10.8 Å². The predicted octanol–water partition coefficient (Wildman–Crippen LogP) is 9.52. The molecule has 0 saturated heterocycles. The Kier molecular flexibility index (Phi) is 9.09. The molecule has 240 valence electrons. The molecule has 5 rings (SSSR count). The fourth-order valence-electron chi connectivity index (χ4n) is 4.28. The van der Waals surface area contributed by atoms with E-state index in [9.17, 15) is 48.3 Å². The van der Waals surface area contributed by atoms with E-state index >= 15 is 0 Å². The van der Waals surface area contributed by atoms with Gasteiger partial charge in [-0.05, 0) is 72.1 Å². The lowest BCUT2D eigenvalue weighted by atomic mass is 10.0. The smallest absolute Gasteiger partial charge is 0.429 e. The summed E-state index contributed by atoms with van der Waals surface area (Å²) in [4.78, 5) is 0. The molecule has 0 bridgehead atoms. The van der Waals surface area contributed by atoms with Gasteiger partial charge in [0, 0.05) is 22.4 Å². The van der Waals surface area contributed by atoms with Gasteiger partial charge in [-0.2, -0.15) is 22.0 Å². The number of fused-ring (bicyclic) bond motifs is 1. The Labute approximate surface area is 264 Å². The van der Waals surface area contributed by atoms with E-state index in [2.05, 4.69) is 28.4 Å². The summed E-state index contributed by atoms with van der Waals surface area (Å²) >= 11 is 0. The maximum absolute atomic E-state index is 15.0. The van der Waals surface area contributed by atoms with Gasteiger partial charge in [-0.15, -0.1) is 0 Å². The van der Waals surface area contributed by atoms with Gasteiger partial charge >= 0.3 is 12.3 Å². The van der Waals surface area contributed by atoms with Crippen LogP contribution in [0.2, 0.25) is 0 Å². The highest BCUT2D eigenvalue weighted by Gasteiger charge is 2.41. The summed E-state index contributed by atoms with van der Waals surface area (Å²) in [5.74, 6) is 2.92. The van der Waals surface area contributed by atoms with Crippen LogP contribution in [0.4, 0.5) is 48.3 Å². The zero-order chi connectivity index (χ0) is 34.8. The molecule has 0 aliphatic heterocycles. The van der Waals surface area contributed by atoms with E-state index in [0.29, 0.717) is 24.3 Å². The molecule has 0 fully saturated rings. The Morgan fingerprint density at radius 3 is 1.79 bits per heavy atom. The molecule has 0 saturated carbocycles. The lowest BCUT2D eigenvalue weighted by molar-refractivity contribution is -0.189. The van der Waals surface area contributed by atoms with Gasteiger partial charge in [0.2, 0.25) is 0 Å². The van der Waals surface area contributed by atoms with Crippen molar-refractivity contribution in [1.82, 2.24) is 0 Å². The first-order valence-corrected chi connectivity index (χ1v) is 13.3. The molecule has 0 radical (unpaired) electrons. The Morgan fingerprint density at radius 1 is 0.521 bits per heavy atom. The zero-order valence-electron chi connectivity index (χ0n) is 23.6. The van der Waals surface area contributed by atoms with Crippen LogP contribution in [0.5, 0.6) is 5.75 Å². The minimum absolute atomic E-state index is 0.0866. The van der Waals surface area contributed by atoms with Gasteiger partial charge in [0.25, 0.3) is 0 Å². The second kappa shape index (κ2) is 13.1. The normalized spacial score (nSPS) is 11.1. The zero-order valence-corrected chi connectivity index (χ0v) is 23.6. The van der Waals surface area contributed by atoms with E-state index in [0.717, 1.165) is 24.1 Å². The van der Waals surface area contributed by atoms with Crippen molar-refractivity contribution in [2.45, 2.75) is 12.3 Å². The summed E-state index contributed by atoms with van der Waals surface area (Å²) in [6, 6.07) is 12.8. The first kappa shape index (κ1) is 33.4. The third-order valence-electron chi connectivity index (χ3n) is 6.43. The number of benzene rings is 5. The van der Waals surface area contributed by atoms with Crippen molar-refractivity contribution < 1.29 is 53.0 Å². The van der Waals surface area contributed by atoms with Crippen LogP contribution in [0, 0.1) is 70.4 Å². The van der Waals surface area contributed by atoms with E-state index in [1.165, 1.54) is 36.3 Å². The van der Waals surface area contributed by atoms with Crippen LogP contribution >= 0.6 is 0 Å². The summed E-state index contributed by atoms with van der Waals surface area (Å²) in [7, 11) is 0. The molecule has 12 heteroatoms. The molecular formula is C36H13F11O. The molecule has 0 aliphatic rings. The van der Waals surface area contributed by atoms with Crippen LogP contribution in [0.3, 0.4) is 0 Å². The average Bonchev–Trinajstić information content (AvgIpc) is 2.98. The van der Waals surface area contributed by atoms with Crippen molar-refractivity contribution in [1.29, 1.82) is 0 Å². The van der Waals surface area contributed by atoms with E-state index in [4.69, 9.17) is 0 Å². The Morgan fingerprint density at radius 2 is 1.15 bits per heavy atom. The fraction of sp³-hybridized carbons (Fsp3) is 0.0556. The fourth-order valence-corrected chi connectivity index (χ4v) is 4.28. The monoisotopic (exact) mass is 670 g/mol. The SMILES string of the molecule is Fc1ccccc1C#Cc1ccc(C#Cc2cc(F)c(C(F)(F)Oc3ccc4c(F)c(C#CC(F)(F)F)c(F)cc4c3)c(F)c2)c(F)c1. The van der Waals surface area contributed by atoms with Gasteiger partial charge in [-0.3, -0.25) is 0 Å². The highest BCUT2D eigenvalue weighted by molar-refractivity contribution is 5.86. The van der Waals surface area contributed by atoms with Crippen LogP contribution in [0.15, 0.2) is 78.9 Å². The van der Waals surface area contributed by atoms with E-state index in [1.807, 2.05) is 0 Å². The molecule has 5 aromatic rings. The van der Waals surface area contributed by atoms with Crippen molar-refractivity contribution in [2.24, 2.45) is 0 Å². The lowest BCUT2D eigenvalue weighted by Crippen LogP contribution is -2.25. The minimum Gasteiger partial charge on any atom is -0.429 e. The van der Waals surface area contributed by atoms with Gasteiger partial charge in [0.1, 0.15) is 46.2 Å². The van der Waals surface area contributed by atoms with E-state index < -0.39 is 80.4 Å². The predicted molar refractivity (Wildman–Crippen MR) is 152 cm³/mol. The van der Waals surface area contributed by atoms with Crippen LogP contribution in [0.1, 0.15) is 33.4 Å². The minimum atomic E-state index is -5.04. The molecule has 1 nitrogen and oxygen atoms in total. The highest BCUT2D eigenvalue weighted by Crippen LogP contribution is 2.37. The summed E-state index contributed by atoms with van der Waals surface area (Å²) in [5.41, 5.74) is -3.47. The topological polar surface area (TPSA) is 9.23 Å². The van der Waals surface area contributed by atoms with Crippen molar-refractivity contribution in [3.8, 4) is 41.3 Å². The molecule has 0 amide bonds. The van der Waals surface area contributed by atoms with Crippen molar-refractivity contribution in [3.05, 3.63) is 147 Å². The molecule has 0 atom stereocenters. The summed E-state index contributed by atoms with van der Waals surface area (Å²) in [5, 5.41) is -0.930. The number of halogens is 11. The Bertz CT molecular complexity index is 2250. The molecular weight excluding hydrogens is 657 g/mol. The maximum atomic E-state index is 15.0. The van der Waals surface area contributed by atoms with Gasteiger partial charge in [0.15, 0.2) is 0 Å². The average molecular weight is 670 g/mol. The number of hydrogen-bond donors (Lipinski definition) is 0. The standard InChI is InChI=1S/C36H13F11O/c37-28-4-2-1-3-22(28)8-5-20-6-9-23(29(38)15-20)10-7-21-16-31(40)33(32(41)17-21)36(46,47)48-25-11-12-26-24(18-25)19-30(39)27(34(26)42)13-14-35(43,44)45/h1-4,6,9,11-12,15-19H. The molecule has 0 aromatic heterocycles. The van der Waals surface area contributed by atoms with Gasteiger partial charge < -0.3 is 4.74 Å². The van der Waals surface area contributed by atoms with Crippen LogP contribution in [-0.4, -0.2) is 6.18 Å². The van der Waals surface area contributed by atoms with Gasteiger partial charge in [-0.25, -0.2) is 26.3 Å². The lowest BCUT2D eigenvalue weighted by Gasteiger charge is -2.20. The van der Waals surface area contributed by atoms with Gasteiger partial charge in [-0.1, -0.05) is 41.7 Å². The summed E-state index contributed by atoms with van der Waals surface area (Å²) < 4.78 is 158. The number of ether oxygens (including phenoxy) is 1. The first-order valence-electron chi connectivity index (χ1n) is 13.3. The summed E-state index contributed by atoms with van der Waals surface area (Å²) in [6.07, 6.45) is -9.73. The van der Waals surface area contributed by atoms with Crippen LogP contribution < -0.4 is 4.74 Å². The molecule has 48 heavy (non-hydrogen) atoms. The number of alkyl halides is 5. The second-order valence-corrected chi connectivity index (χ2v) is 9.79. The third-order valence-corrected chi connectivity index (χ3v) is 6.43. The van der Waals surface area contributed by atoms with Crippen molar-refractivity contribution in [2.75, 3.05) is 0 Å². The Balaban J connectivity index is 1.37. The van der Waals surface area contributed by atoms with Crippen molar-refractivity contribution in [3.63, 3.8) is 0 Å².